The highest BCUT2D eigenvalue weighted by atomic mass is 35.5. The van der Waals surface area contributed by atoms with Crippen molar-refractivity contribution in [3.8, 4) is 5.75 Å². The number of benzene rings is 2. The molecule has 0 spiro atoms. The smallest absolute Gasteiger partial charge is 0.310 e. The van der Waals surface area contributed by atoms with Gasteiger partial charge in [-0.3, -0.25) is 4.79 Å². The van der Waals surface area contributed by atoms with Gasteiger partial charge in [-0.2, -0.15) is 0 Å². The molecule has 2 aromatic rings. The zero-order chi connectivity index (χ0) is 21.1. The molecule has 1 atom stereocenters. The molecule has 1 unspecified atom stereocenters. The molecule has 158 valence electrons. The van der Waals surface area contributed by atoms with Gasteiger partial charge in [-0.25, -0.2) is 0 Å². The number of ether oxygens (including phenoxy) is 1. The fourth-order valence-electron chi connectivity index (χ4n) is 3.28. The van der Waals surface area contributed by atoms with Crippen LogP contribution in [-0.4, -0.2) is 23.7 Å². The van der Waals surface area contributed by atoms with E-state index in [1.54, 1.807) is 25.1 Å². The van der Waals surface area contributed by atoms with Crippen LogP contribution in [0.3, 0.4) is 0 Å². The lowest BCUT2D eigenvalue weighted by Gasteiger charge is -2.15. The van der Waals surface area contributed by atoms with Gasteiger partial charge in [0.15, 0.2) is 0 Å². The second-order valence-corrected chi connectivity index (χ2v) is 7.99. The van der Waals surface area contributed by atoms with Crippen molar-refractivity contribution < 1.29 is 14.6 Å². The summed E-state index contributed by atoms with van der Waals surface area (Å²) < 4.78 is 5.67. The molecule has 5 heteroatoms. The molecule has 0 aliphatic heterocycles. The number of carboxylic acid groups (broad SMARTS) is 1. The van der Waals surface area contributed by atoms with Gasteiger partial charge in [0, 0.05) is 6.04 Å². The normalized spacial score (nSPS) is 15.1. The standard InChI is InChI=1S/C18H19ClO3.C6H13N/c1-13(18(20)21)15-9-10-17(16(19)12-15)22-11-5-8-14-6-3-2-4-7-14;7-6-4-2-1-3-5-6/h2-4,6-7,9-10,12-13H,5,8,11H2,1H3,(H,20,21);6H,1-5,7H2. The minimum Gasteiger partial charge on any atom is -0.492 e. The van der Waals surface area contributed by atoms with Gasteiger partial charge in [0.1, 0.15) is 5.75 Å². The first-order chi connectivity index (χ1) is 14.0. The SMILES string of the molecule is CC(C(=O)O)c1ccc(OCCCc2ccccc2)c(Cl)c1.NC1CCCCC1. The average molecular weight is 418 g/mol. The molecule has 0 amide bonds. The lowest BCUT2D eigenvalue weighted by Crippen LogP contribution is -2.22. The second kappa shape index (κ2) is 12.5. The van der Waals surface area contributed by atoms with E-state index in [1.807, 2.05) is 18.2 Å². The molecule has 1 aliphatic carbocycles. The van der Waals surface area contributed by atoms with Gasteiger partial charge < -0.3 is 15.6 Å². The minimum atomic E-state index is -0.868. The molecule has 3 N–H and O–H groups in total. The van der Waals surface area contributed by atoms with Crippen molar-refractivity contribution in [3.05, 3.63) is 64.7 Å². The van der Waals surface area contributed by atoms with Crippen molar-refractivity contribution in [2.75, 3.05) is 6.61 Å². The molecule has 1 saturated carbocycles. The lowest BCUT2D eigenvalue weighted by atomic mass is 9.97. The number of aliphatic carboxylic acids is 1. The molecule has 0 heterocycles. The Hall–Kier alpha value is -2.04. The predicted molar refractivity (Wildman–Crippen MR) is 119 cm³/mol. The summed E-state index contributed by atoms with van der Waals surface area (Å²) in [6, 6.07) is 15.9. The van der Waals surface area contributed by atoms with Crippen molar-refractivity contribution in [3.63, 3.8) is 0 Å². The summed E-state index contributed by atoms with van der Waals surface area (Å²) in [6.45, 7) is 2.21. The van der Waals surface area contributed by atoms with Crippen LogP contribution in [0.2, 0.25) is 5.02 Å². The molecule has 2 aromatic carbocycles. The third-order valence-electron chi connectivity index (χ3n) is 5.19. The Kier molecular flexibility index (Phi) is 10.0. The summed E-state index contributed by atoms with van der Waals surface area (Å²) in [5.74, 6) is -0.853. The highest BCUT2D eigenvalue weighted by molar-refractivity contribution is 6.32. The number of carboxylic acids is 1. The Labute approximate surface area is 179 Å². The van der Waals surface area contributed by atoms with Crippen LogP contribution in [-0.2, 0) is 11.2 Å². The van der Waals surface area contributed by atoms with E-state index in [2.05, 4.69) is 12.1 Å². The van der Waals surface area contributed by atoms with Crippen LogP contribution in [0.25, 0.3) is 0 Å². The van der Waals surface area contributed by atoms with E-state index in [-0.39, 0.29) is 0 Å². The van der Waals surface area contributed by atoms with Gasteiger partial charge in [-0.1, -0.05) is 67.3 Å². The number of aryl methyl sites for hydroxylation is 1. The summed E-state index contributed by atoms with van der Waals surface area (Å²) in [5, 5.41) is 9.45. The molecule has 0 aromatic heterocycles. The van der Waals surface area contributed by atoms with Crippen molar-refractivity contribution in [2.45, 2.75) is 63.8 Å². The molecular formula is C24H32ClNO3. The lowest BCUT2D eigenvalue weighted by molar-refractivity contribution is -0.138. The van der Waals surface area contributed by atoms with E-state index >= 15 is 0 Å². The topological polar surface area (TPSA) is 72.5 Å². The molecule has 0 bridgehead atoms. The summed E-state index contributed by atoms with van der Waals surface area (Å²) >= 11 is 6.16. The van der Waals surface area contributed by atoms with Crippen LogP contribution in [0.4, 0.5) is 0 Å². The summed E-state index contributed by atoms with van der Waals surface area (Å²) in [5.41, 5.74) is 7.59. The second-order valence-electron chi connectivity index (χ2n) is 7.59. The zero-order valence-electron chi connectivity index (χ0n) is 17.1. The van der Waals surface area contributed by atoms with Gasteiger partial charge in [0.05, 0.1) is 17.5 Å². The number of halogens is 1. The third kappa shape index (κ3) is 8.46. The van der Waals surface area contributed by atoms with Gasteiger partial charge in [-0.15, -0.1) is 0 Å². The average Bonchev–Trinajstić information content (AvgIpc) is 2.73. The zero-order valence-corrected chi connectivity index (χ0v) is 17.9. The van der Waals surface area contributed by atoms with E-state index in [1.165, 1.54) is 37.7 Å². The number of rotatable bonds is 7. The summed E-state index contributed by atoms with van der Waals surface area (Å²) in [7, 11) is 0. The fourth-order valence-corrected chi connectivity index (χ4v) is 3.53. The molecule has 0 radical (unpaired) electrons. The summed E-state index contributed by atoms with van der Waals surface area (Å²) in [6.07, 6.45) is 8.51. The Morgan fingerprint density at radius 2 is 1.86 bits per heavy atom. The Morgan fingerprint density at radius 1 is 1.17 bits per heavy atom. The highest BCUT2D eigenvalue weighted by Crippen LogP contribution is 2.29. The first kappa shape index (κ1) is 23.2. The Morgan fingerprint density at radius 3 is 2.41 bits per heavy atom. The monoisotopic (exact) mass is 417 g/mol. The van der Waals surface area contributed by atoms with Gasteiger partial charge in [0.25, 0.3) is 0 Å². The van der Waals surface area contributed by atoms with E-state index in [0.29, 0.717) is 29.0 Å². The molecular weight excluding hydrogens is 386 g/mol. The first-order valence-electron chi connectivity index (χ1n) is 10.4. The molecule has 1 aliphatic rings. The Bertz CT molecular complexity index is 745. The molecule has 0 saturated heterocycles. The molecule has 1 fully saturated rings. The van der Waals surface area contributed by atoms with Gasteiger partial charge in [0.2, 0.25) is 0 Å². The number of hydrogen-bond donors (Lipinski definition) is 2. The van der Waals surface area contributed by atoms with Crippen molar-refractivity contribution in [1.29, 1.82) is 0 Å². The molecule has 4 nitrogen and oxygen atoms in total. The summed E-state index contributed by atoms with van der Waals surface area (Å²) in [4.78, 5) is 11.0. The van der Waals surface area contributed by atoms with E-state index in [9.17, 15) is 4.79 Å². The van der Waals surface area contributed by atoms with Crippen LogP contribution >= 0.6 is 11.6 Å². The van der Waals surface area contributed by atoms with Crippen molar-refractivity contribution >= 4 is 17.6 Å². The van der Waals surface area contributed by atoms with Crippen LogP contribution in [0.15, 0.2) is 48.5 Å². The number of carbonyl (C=O) groups is 1. The number of hydrogen-bond acceptors (Lipinski definition) is 3. The van der Waals surface area contributed by atoms with Crippen LogP contribution in [0, 0.1) is 0 Å². The number of nitrogens with two attached hydrogens (primary N) is 1. The van der Waals surface area contributed by atoms with E-state index in [4.69, 9.17) is 27.2 Å². The molecule has 29 heavy (non-hydrogen) atoms. The Balaban J connectivity index is 0.000000360. The maximum atomic E-state index is 11.0. The predicted octanol–water partition coefficient (Wildman–Crippen LogP) is 5.82. The van der Waals surface area contributed by atoms with E-state index < -0.39 is 11.9 Å². The first-order valence-corrected chi connectivity index (χ1v) is 10.8. The van der Waals surface area contributed by atoms with Crippen LogP contribution < -0.4 is 10.5 Å². The molecule has 3 rings (SSSR count). The quantitative estimate of drug-likeness (QED) is 0.557. The maximum absolute atomic E-state index is 11.0. The fraction of sp³-hybridized carbons (Fsp3) is 0.458. The third-order valence-corrected chi connectivity index (χ3v) is 5.48. The largest absolute Gasteiger partial charge is 0.492 e. The minimum absolute atomic E-state index is 0.449. The van der Waals surface area contributed by atoms with Crippen molar-refractivity contribution in [2.24, 2.45) is 5.73 Å². The maximum Gasteiger partial charge on any atom is 0.310 e. The van der Waals surface area contributed by atoms with Crippen LogP contribution in [0.5, 0.6) is 5.75 Å². The van der Waals surface area contributed by atoms with Gasteiger partial charge >= 0.3 is 5.97 Å². The van der Waals surface area contributed by atoms with Gasteiger partial charge in [-0.05, 0) is 55.9 Å². The van der Waals surface area contributed by atoms with E-state index in [0.717, 1.165) is 12.8 Å². The van der Waals surface area contributed by atoms with Crippen LogP contribution in [0.1, 0.15) is 62.5 Å². The highest BCUT2D eigenvalue weighted by Gasteiger charge is 2.15. The van der Waals surface area contributed by atoms with Crippen molar-refractivity contribution in [1.82, 2.24) is 0 Å².